The molecule has 19 heavy (non-hydrogen) atoms. The average molecular weight is 248 g/mol. The third kappa shape index (κ3) is 4.07. The summed E-state index contributed by atoms with van der Waals surface area (Å²) in [5, 5.41) is 0. The minimum absolute atomic E-state index is 0.177. The Morgan fingerprint density at radius 2 is 1.84 bits per heavy atom. The summed E-state index contributed by atoms with van der Waals surface area (Å²) in [5.41, 5.74) is 2.35. The van der Waals surface area contributed by atoms with Crippen molar-refractivity contribution in [1.82, 2.24) is 0 Å². The van der Waals surface area contributed by atoms with Crippen molar-refractivity contribution in [3.63, 3.8) is 0 Å². The van der Waals surface area contributed by atoms with E-state index in [1.807, 2.05) is 42.5 Å². The van der Waals surface area contributed by atoms with Gasteiger partial charge in [-0.05, 0) is 17.2 Å². The van der Waals surface area contributed by atoms with Crippen LogP contribution >= 0.6 is 0 Å². The summed E-state index contributed by atoms with van der Waals surface area (Å²) in [7, 11) is 0. The number of allylic oxidation sites excluding steroid dienone is 9. The lowest BCUT2D eigenvalue weighted by Gasteiger charge is -2.11. The van der Waals surface area contributed by atoms with E-state index in [2.05, 4.69) is 36.4 Å². The molecule has 1 nitrogen and oxygen atoms in total. The van der Waals surface area contributed by atoms with Crippen molar-refractivity contribution in [2.24, 2.45) is 5.92 Å². The van der Waals surface area contributed by atoms with Crippen LogP contribution in [0.15, 0.2) is 84.5 Å². The van der Waals surface area contributed by atoms with Crippen LogP contribution in [0.5, 0.6) is 0 Å². The van der Waals surface area contributed by atoms with Gasteiger partial charge in [0.2, 0.25) is 0 Å². The van der Waals surface area contributed by atoms with E-state index in [1.165, 1.54) is 11.1 Å². The molecule has 1 heteroatoms. The highest BCUT2D eigenvalue weighted by Crippen LogP contribution is 2.20. The maximum Gasteiger partial charge on any atom is 0.142 e. The third-order valence-corrected chi connectivity index (χ3v) is 2.88. The van der Waals surface area contributed by atoms with Crippen LogP contribution in [0.25, 0.3) is 6.08 Å². The fraction of sp³-hybridized carbons (Fsp3) is 0.0556. The molecule has 0 saturated heterocycles. The number of carbonyl (C=O) groups excluding carboxylic acids is 1. The first kappa shape index (κ1) is 13.0. The first-order valence-corrected chi connectivity index (χ1v) is 6.30. The van der Waals surface area contributed by atoms with E-state index < -0.39 is 0 Å². The summed E-state index contributed by atoms with van der Waals surface area (Å²) in [4.78, 5) is 10.4. The summed E-state index contributed by atoms with van der Waals surface area (Å²) < 4.78 is 0. The van der Waals surface area contributed by atoms with E-state index in [-0.39, 0.29) is 5.92 Å². The predicted octanol–water partition coefficient (Wildman–Crippen LogP) is 4.12. The molecule has 2 rings (SSSR count). The normalized spacial score (nSPS) is 20.6. The zero-order chi connectivity index (χ0) is 13.3. The smallest absolute Gasteiger partial charge is 0.142 e. The van der Waals surface area contributed by atoms with Gasteiger partial charge in [-0.1, -0.05) is 78.9 Å². The van der Waals surface area contributed by atoms with Gasteiger partial charge in [-0.15, -0.1) is 0 Å². The first-order chi connectivity index (χ1) is 9.40. The lowest BCUT2D eigenvalue weighted by molar-refractivity contribution is -0.104. The first-order valence-electron chi connectivity index (χ1n) is 6.30. The van der Waals surface area contributed by atoms with E-state index in [1.54, 1.807) is 6.08 Å². The third-order valence-electron chi connectivity index (χ3n) is 2.88. The molecule has 1 aliphatic carbocycles. The van der Waals surface area contributed by atoms with Crippen LogP contribution in [0, 0.1) is 5.92 Å². The van der Waals surface area contributed by atoms with Gasteiger partial charge in [0, 0.05) is 5.92 Å². The molecule has 1 unspecified atom stereocenters. The van der Waals surface area contributed by atoms with Crippen molar-refractivity contribution in [2.75, 3.05) is 0 Å². The summed E-state index contributed by atoms with van der Waals surface area (Å²) in [6.07, 6.45) is 18.6. The Morgan fingerprint density at radius 1 is 1.00 bits per heavy atom. The van der Waals surface area contributed by atoms with Crippen LogP contribution in [0.4, 0.5) is 0 Å². The summed E-state index contributed by atoms with van der Waals surface area (Å²) in [5.74, 6) is 0.177. The topological polar surface area (TPSA) is 17.1 Å². The van der Waals surface area contributed by atoms with Gasteiger partial charge in [-0.25, -0.2) is 0 Å². The predicted molar refractivity (Wildman–Crippen MR) is 80.5 cm³/mol. The van der Waals surface area contributed by atoms with E-state index in [4.69, 9.17) is 0 Å². The fourth-order valence-corrected chi connectivity index (χ4v) is 1.91. The van der Waals surface area contributed by atoms with Crippen LogP contribution in [0.1, 0.15) is 5.56 Å². The number of hydrogen-bond acceptors (Lipinski definition) is 1. The maximum absolute atomic E-state index is 10.4. The van der Waals surface area contributed by atoms with Gasteiger partial charge in [-0.3, -0.25) is 4.79 Å². The summed E-state index contributed by atoms with van der Waals surface area (Å²) in [6, 6.07) is 10.2. The van der Waals surface area contributed by atoms with Gasteiger partial charge in [-0.2, -0.15) is 0 Å². The van der Waals surface area contributed by atoms with Gasteiger partial charge in [0.1, 0.15) is 6.29 Å². The molecule has 0 bridgehead atoms. The number of aldehydes is 1. The zero-order valence-corrected chi connectivity index (χ0v) is 10.6. The highest BCUT2D eigenvalue weighted by atomic mass is 16.1. The van der Waals surface area contributed by atoms with Gasteiger partial charge in [0.25, 0.3) is 0 Å². The number of benzene rings is 1. The van der Waals surface area contributed by atoms with Crippen molar-refractivity contribution in [3.05, 3.63) is 90.1 Å². The van der Waals surface area contributed by atoms with Crippen LogP contribution < -0.4 is 0 Å². The van der Waals surface area contributed by atoms with Crippen LogP contribution in [0.3, 0.4) is 0 Å². The average Bonchev–Trinajstić information content (AvgIpc) is 2.47. The zero-order valence-electron chi connectivity index (χ0n) is 10.6. The lowest BCUT2D eigenvalue weighted by atomic mass is 9.93. The van der Waals surface area contributed by atoms with Crippen LogP contribution in [0.2, 0.25) is 0 Å². The monoisotopic (exact) mass is 248 g/mol. The Balaban J connectivity index is 2.10. The van der Waals surface area contributed by atoms with Gasteiger partial charge < -0.3 is 0 Å². The molecule has 1 atom stereocenters. The molecular weight excluding hydrogens is 232 g/mol. The Kier molecular flexibility index (Phi) is 4.88. The van der Waals surface area contributed by atoms with Gasteiger partial charge in [0.05, 0.1) is 0 Å². The molecule has 0 N–H and O–H groups in total. The molecule has 0 aromatic heterocycles. The highest BCUT2D eigenvalue weighted by molar-refractivity contribution is 5.65. The maximum atomic E-state index is 10.4. The molecule has 1 aromatic rings. The molecule has 0 saturated carbocycles. The highest BCUT2D eigenvalue weighted by Gasteiger charge is 2.05. The van der Waals surface area contributed by atoms with E-state index in [0.717, 1.165) is 6.29 Å². The Hall–Kier alpha value is -2.41. The van der Waals surface area contributed by atoms with Crippen molar-refractivity contribution >= 4 is 12.4 Å². The van der Waals surface area contributed by atoms with Crippen LogP contribution in [-0.4, -0.2) is 6.29 Å². The minimum Gasteiger partial charge on any atom is -0.299 e. The second kappa shape index (κ2) is 7.12. The second-order valence-corrected chi connectivity index (χ2v) is 4.23. The largest absolute Gasteiger partial charge is 0.299 e. The molecular formula is C18H16O. The molecule has 0 amide bonds. The summed E-state index contributed by atoms with van der Waals surface area (Å²) >= 11 is 0. The molecule has 0 fully saturated rings. The molecule has 1 aromatic carbocycles. The lowest BCUT2D eigenvalue weighted by Crippen LogP contribution is -1.97. The molecule has 0 radical (unpaired) electrons. The molecule has 1 aliphatic rings. The van der Waals surface area contributed by atoms with Gasteiger partial charge >= 0.3 is 0 Å². The van der Waals surface area contributed by atoms with Crippen LogP contribution in [-0.2, 0) is 4.79 Å². The molecule has 94 valence electrons. The molecule has 0 aliphatic heterocycles. The fourth-order valence-electron chi connectivity index (χ4n) is 1.91. The quantitative estimate of drug-likeness (QED) is 0.578. The van der Waals surface area contributed by atoms with E-state index in [0.29, 0.717) is 0 Å². The number of rotatable bonds is 4. The second-order valence-electron chi connectivity index (χ2n) is 4.23. The number of carbonyl (C=O) groups is 1. The Morgan fingerprint density at radius 3 is 2.63 bits per heavy atom. The van der Waals surface area contributed by atoms with Gasteiger partial charge in [0.15, 0.2) is 0 Å². The van der Waals surface area contributed by atoms with Crippen molar-refractivity contribution in [1.29, 1.82) is 0 Å². The Labute approximate surface area is 114 Å². The standard InChI is InChI=1S/C18H16O/c19-15-7-14-18-12-5-4-11-17(18)13-6-10-16-8-2-1-3-9-16/h1-15,18H. The summed E-state index contributed by atoms with van der Waals surface area (Å²) in [6.45, 7) is 0. The number of hydrogen-bond donors (Lipinski definition) is 0. The van der Waals surface area contributed by atoms with E-state index in [9.17, 15) is 4.79 Å². The van der Waals surface area contributed by atoms with E-state index >= 15 is 0 Å². The SMILES string of the molecule is O=CC=CC1C=CC=CC1=CC=Cc1ccccc1. The van der Waals surface area contributed by atoms with Crippen molar-refractivity contribution in [2.45, 2.75) is 0 Å². The Bertz CT molecular complexity index is 557. The van der Waals surface area contributed by atoms with Crippen molar-refractivity contribution in [3.8, 4) is 0 Å². The molecule has 0 spiro atoms. The van der Waals surface area contributed by atoms with Crippen molar-refractivity contribution < 1.29 is 4.79 Å². The minimum atomic E-state index is 0.177. The molecule has 0 heterocycles.